The van der Waals surface area contributed by atoms with Crippen molar-refractivity contribution in [3.05, 3.63) is 60.2 Å². The predicted molar refractivity (Wildman–Crippen MR) is 91.4 cm³/mol. The Kier molecular flexibility index (Phi) is 4.08. The Morgan fingerprint density at radius 3 is 2.18 bits per heavy atom. The summed E-state index contributed by atoms with van der Waals surface area (Å²) in [5.41, 5.74) is 2.35. The first-order valence-electron chi connectivity index (χ1n) is 7.30. The quantitative estimate of drug-likeness (QED) is 0.636. The molecule has 1 aliphatic heterocycles. The van der Waals surface area contributed by atoms with Gasteiger partial charge in [0, 0.05) is 0 Å². The molecule has 1 fully saturated rings. The third-order valence-corrected chi connectivity index (χ3v) is 4.43. The molecule has 3 nitrogen and oxygen atoms in total. The van der Waals surface area contributed by atoms with Crippen molar-refractivity contribution in [1.82, 2.24) is 0 Å². The van der Waals surface area contributed by atoms with E-state index < -0.39 is 0 Å². The topological polar surface area (TPSA) is 15.5 Å². The minimum atomic E-state index is -0.0282. The van der Waals surface area contributed by atoms with Gasteiger partial charge in [0.1, 0.15) is 11.4 Å². The maximum atomic E-state index is 6.67. The highest BCUT2D eigenvalue weighted by atomic mass is 35.5. The van der Waals surface area contributed by atoms with Crippen molar-refractivity contribution in [2.45, 2.75) is 11.4 Å². The van der Waals surface area contributed by atoms with Gasteiger partial charge in [0.15, 0.2) is 11.4 Å². The maximum absolute atomic E-state index is 6.67. The van der Waals surface area contributed by atoms with Crippen molar-refractivity contribution in [3.63, 3.8) is 0 Å². The molecule has 1 heterocycles. The van der Waals surface area contributed by atoms with Gasteiger partial charge in [0.05, 0.1) is 21.2 Å². The molecule has 2 aromatic rings. The van der Waals surface area contributed by atoms with E-state index in [1.165, 1.54) is 5.56 Å². The monoisotopic (exact) mass is 315 g/mol. The fourth-order valence-electron chi connectivity index (χ4n) is 2.93. The Bertz CT molecular complexity index is 678. The molecule has 22 heavy (non-hydrogen) atoms. The third kappa shape index (κ3) is 2.46. The highest BCUT2D eigenvalue weighted by molar-refractivity contribution is 6.37. The highest BCUT2D eigenvalue weighted by Crippen LogP contribution is 2.42. The highest BCUT2D eigenvalue weighted by Gasteiger charge is 2.54. The molecule has 0 saturated carbocycles. The Morgan fingerprint density at radius 2 is 1.64 bits per heavy atom. The number of alkyl halides is 1. The number of halogens is 1. The van der Waals surface area contributed by atoms with Gasteiger partial charge in [-0.15, -0.1) is 11.6 Å². The Hall–Kier alpha value is -2.00. The molecule has 0 amide bonds. The van der Waals surface area contributed by atoms with E-state index in [9.17, 15) is 0 Å². The van der Waals surface area contributed by atoms with Crippen LogP contribution in [0, 0.1) is 0 Å². The molecule has 3 rings (SSSR count). The summed E-state index contributed by atoms with van der Waals surface area (Å²) >= 11 is 6.67. The van der Waals surface area contributed by atoms with Gasteiger partial charge < -0.3 is 4.74 Å². The van der Waals surface area contributed by atoms with Crippen molar-refractivity contribution in [1.29, 1.82) is 0 Å². The smallest absolute Gasteiger partial charge is 0.275 e. The number of hydrogen-bond acceptors (Lipinski definition) is 1. The molecule has 1 aliphatic rings. The standard InChI is InChI=1S/C18H20ClN2O/c1-20(2)18-16(19)17(13-7-5-4-6-8-13)21(18)14-9-11-15(22-3)12-10-14/h4-12,16-17H,1-3H3/q+1. The van der Waals surface area contributed by atoms with Gasteiger partial charge in [-0.1, -0.05) is 30.3 Å². The van der Waals surface area contributed by atoms with Crippen LogP contribution in [0.1, 0.15) is 11.6 Å². The molecule has 0 aromatic heterocycles. The van der Waals surface area contributed by atoms with E-state index in [4.69, 9.17) is 16.3 Å². The van der Waals surface area contributed by atoms with Crippen molar-refractivity contribution >= 4 is 23.1 Å². The van der Waals surface area contributed by atoms with Gasteiger partial charge in [-0.3, -0.25) is 4.58 Å². The lowest BCUT2D eigenvalue weighted by Crippen LogP contribution is -2.59. The zero-order valence-corrected chi connectivity index (χ0v) is 13.8. The van der Waals surface area contributed by atoms with Crippen LogP contribution in [-0.4, -0.2) is 37.0 Å². The molecular formula is C18H20ClN2O+. The lowest BCUT2D eigenvalue weighted by molar-refractivity contribution is -0.468. The van der Waals surface area contributed by atoms with Crippen LogP contribution in [0.3, 0.4) is 0 Å². The first-order chi connectivity index (χ1) is 10.6. The van der Waals surface area contributed by atoms with Crippen molar-refractivity contribution in [3.8, 4) is 5.75 Å². The Balaban J connectivity index is 2.01. The Labute approximate surface area is 136 Å². The summed E-state index contributed by atoms with van der Waals surface area (Å²) in [5.74, 6) is 1.97. The molecular weight excluding hydrogens is 296 g/mol. The zero-order chi connectivity index (χ0) is 15.7. The largest absolute Gasteiger partial charge is 0.497 e. The number of methoxy groups -OCH3 is 1. The summed E-state index contributed by atoms with van der Waals surface area (Å²) in [6.45, 7) is 0. The predicted octanol–water partition coefficient (Wildman–Crippen LogP) is 3.53. The van der Waals surface area contributed by atoms with E-state index >= 15 is 0 Å². The van der Waals surface area contributed by atoms with E-state index in [0.29, 0.717) is 0 Å². The summed E-state index contributed by atoms with van der Waals surface area (Å²) in [6.07, 6.45) is 0. The normalized spacial score (nSPS) is 20.5. The lowest BCUT2D eigenvalue weighted by atomic mass is 9.91. The summed E-state index contributed by atoms with van der Waals surface area (Å²) in [5, 5.41) is -0.0282. The minimum Gasteiger partial charge on any atom is -0.497 e. The first kappa shape index (κ1) is 14.9. The average molecular weight is 316 g/mol. The SMILES string of the molecule is COc1ccc(N2C(=[N+](C)C)C(Cl)C2c2ccccc2)cc1. The molecule has 4 heteroatoms. The first-order valence-corrected chi connectivity index (χ1v) is 7.73. The van der Waals surface area contributed by atoms with Crippen LogP contribution in [0.25, 0.3) is 0 Å². The second kappa shape index (κ2) is 6.01. The van der Waals surface area contributed by atoms with Crippen LogP contribution in [0.2, 0.25) is 0 Å². The van der Waals surface area contributed by atoms with Crippen LogP contribution in [0.15, 0.2) is 54.6 Å². The fraction of sp³-hybridized carbons (Fsp3) is 0.278. The second-order valence-electron chi connectivity index (χ2n) is 5.58. The maximum Gasteiger partial charge on any atom is 0.275 e. The van der Waals surface area contributed by atoms with E-state index in [-0.39, 0.29) is 11.4 Å². The van der Waals surface area contributed by atoms with Crippen molar-refractivity contribution in [2.24, 2.45) is 0 Å². The van der Waals surface area contributed by atoms with Crippen LogP contribution < -0.4 is 9.64 Å². The molecule has 0 bridgehead atoms. The Morgan fingerprint density at radius 1 is 1.00 bits per heavy atom. The summed E-state index contributed by atoms with van der Waals surface area (Å²) in [6, 6.07) is 18.6. The van der Waals surface area contributed by atoms with Gasteiger partial charge in [0.25, 0.3) is 5.84 Å². The average Bonchev–Trinajstić information content (AvgIpc) is 2.53. The van der Waals surface area contributed by atoms with Crippen molar-refractivity contribution in [2.75, 3.05) is 26.1 Å². The molecule has 0 spiro atoms. The summed E-state index contributed by atoms with van der Waals surface area (Å²) in [4.78, 5) is 2.28. The number of rotatable bonds is 3. The van der Waals surface area contributed by atoms with Crippen LogP contribution >= 0.6 is 11.6 Å². The van der Waals surface area contributed by atoms with Crippen LogP contribution in [0.5, 0.6) is 5.75 Å². The lowest BCUT2D eigenvalue weighted by Gasteiger charge is -2.41. The number of nitrogens with zero attached hydrogens (tertiary/aromatic N) is 2. The third-order valence-electron chi connectivity index (χ3n) is 4.00. The second-order valence-corrected chi connectivity index (χ2v) is 6.05. The van der Waals surface area contributed by atoms with Gasteiger partial charge >= 0.3 is 0 Å². The van der Waals surface area contributed by atoms with E-state index in [0.717, 1.165) is 17.3 Å². The van der Waals surface area contributed by atoms with Crippen LogP contribution in [-0.2, 0) is 0 Å². The molecule has 0 radical (unpaired) electrons. The number of ether oxygens (including phenoxy) is 1. The van der Waals surface area contributed by atoms with E-state index in [2.05, 4.69) is 45.9 Å². The molecule has 2 aromatic carbocycles. The van der Waals surface area contributed by atoms with Crippen LogP contribution in [0.4, 0.5) is 5.69 Å². The number of hydrogen-bond donors (Lipinski definition) is 0. The zero-order valence-electron chi connectivity index (χ0n) is 13.0. The molecule has 1 saturated heterocycles. The molecule has 2 unspecified atom stereocenters. The van der Waals surface area contributed by atoms with Gasteiger partial charge in [0.2, 0.25) is 0 Å². The summed E-state index contributed by atoms with van der Waals surface area (Å²) in [7, 11) is 5.74. The molecule has 0 aliphatic carbocycles. The van der Waals surface area contributed by atoms with E-state index in [1.54, 1.807) is 7.11 Å². The van der Waals surface area contributed by atoms with E-state index in [1.807, 2.05) is 32.3 Å². The molecule has 0 N–H and O–H groups in total. The number of benzene rings is 2. The fourth-order valence-corrected chi connectivity index (χ4v) is 3.49. The number of amidine groups is 1. The number of anilines is 1. The molecule has 114 valence electrons. The van der Waals surface area contributed by atoms with Gasteiger partial charge in [-0.2, -0.15) is 0 Å². The summed E-state index contributed by atoms with van der Waals surface area (Å²) < 4.78 is 7.33. The van der Waals surface area contributed by atoms with Gasteiger partial charge in [-0.25, -0.2) is 4.90 Å². The minimum absolute atomic E-state index is 0.0282. The molecule has 2 atom stereocenters. The van der Waals surface area contributed by atoms with Gasteiger partial charge in [-0.05, 0) is 29.8 Å². The van der Waals surface area contributed by atoms with Crippen molar-refractivity contribution < 1.29 is 9.31 Å².